The number of hydrogen-bond donors (Lipinski definition) is 1. The highest BCUT2D eigenvalue weighted by Gasteiger charge is 2.14. The van der Waals surface area contributed by atoms with E-state index >= 15 is 0 Å². The van der Waals surface area contributed by atoms with E-state index in [0.717, 1.165) is 19.5 Å². The van der Waals surface area contributed by atoms with Gasteiger partial charge in [0.25, 0.3) is 0 Å². The van der Waals surface area contributed by atoms with Crippen LogP contribution >= 0.6 is 27.3 Å². The second kappa shape index (κ2) is 5.99. The van der Waals surface area contributed by atoms with E-state index in [1.807, 2.05) is 0 Å². The van der Waals surface area contributed by atoms with Crippen LogP contribution in [0.4, 0.5) is 0 Å². The number of rotatable bonds is 6. The number of methoxy groups -OCH3 is 1. The van der Waals surface area contributed by atoms with Crippen LogP contribution in [-0.4, -0.2) is 19.3 Å². The van der Waals surface area contributed by atoms with E-state index in [9.17, 15) is 0 Å². The minimum Gasteiger partial charge on any atom is -0.379 e. The lowest BCUT2D eigenvalue weighted by Gasteiger charge is -2.22. The molecule has 0 atom stereocenters. The van der Waals surface area contributed by atoms with Gasteiger partial charge in [0.15, 0.2) is 0 Å². The minimum absolute atomic E-state index is 0.0248. The Labute approximate surface area is 104 Å². The Kier molecular flexibility index (Phi) is 5.26. The topological polar surface area (TPSA) is 21.3 Å². The van der Waals surface area contributed by atoms with Gasteiger partial charge in [-0.05, 0) is 48.8 Å². The van der Waals surface area contributed by atoms with Crippen LogP contribution in [0.1, 0.15) is 25.1 Å². The molecular weight excluding hydrogens is 274 g/mol. The van der Waals surface area contributed by atoms with Gasteiger partial charge in [-0.1, -0.05) is 0 Å². The Morgan fingerprint density at radius 3 is 2.80 bits per heavy atom. The molecule has 0 aliphatic heterocycles. The van der Waals surface area contributed by atoms with E-state index in [-0.39, 0.29) is 5.60 Å². The molecule has 0 bridgehead atoms. The lowest BCUT2D eigenvalue weighted by molar-refractivity contribution is 0.0158. The van der Waals surface area contributed by atoms with E-state index in [1.165, 1.54) is 9.35 Å². The summed E-state index contributed by atoms with van der Waals surface area (Å²) in [6.07, 6.45) is 1.02. The normalized spacial score (nSPS) is 12.0. The first kappa shape index (κ1) is 13.2. The molecule has 0 fully saturated rings. The van der Waals surface area contributed by atoms with Crippen LogP contribution < -0.4 is 5.32 Å². The Bertz CT molecular complexity index is 299. The summed E-state index contributed by atoms with van der Waals surface area (Å²) in [5, 5.41) is 5.52. The number of hydrogen-bond acceptors (Lipinski definition) is 3. The minimum atomic E-state index is -0.0248. The Morgan fingerprint density at radius 2 is 2.27 bits per heavy atom. The quantitative estimate of drug-likeness (QED) is 0.811. The van der Waals surface area contributed by atoms with Crippen LogP contribution in [0.5, 0.6) is 0 Å². The standard InChI is InChI=1S/C11H18BrNOS/c1-11(2,14-3)4-5-13-7-10-6-9(12)8-15-10/h6,8,13H,4-5,7H2,1-3H3. The van der Waals surface area contributed by atoms with Crippen LogP contribution in [0.2, 0.25) is 0 Å². The van der Waals surface area contributed by atoms with E-state index in [4.69, 9.17) is 4.74 Å². The summed E-state index contributed by atoms with van der Waals surface area (Å²) in [5.74, 6) is 0. The van der Waals surface area contributed by atoms with Crippen molar-refractivity contribution in [1.29, 1.82) is 0 Å². The molecule has 2 nitrogen and oxygen atoms in total. The smallest absolute Gasteiger partial charge is 0.0634 e. The zero-order valence-electron chi connectivity index (χ0n) is 9.47. The summed E-state index contributed by atoms with van der Waals surface area (Å²) >= 11 is 5.22. The summed E-state index contributed by atoms with van der Waals surface area (Å²) < 4.78 is 6.52. The molecule has 1 aromatic rings. The van der Waals surface area contributed by atoms with Gasteiger partial charge in [-0.15, -0.1) is 11.3 Å². The molecule has 0 radical (unpaired) electrons. The van der Waals surface area contributed by atoms with Gasteiger partial charge in [-0.3, -0.25) is 0 Å². The molecule has 0 saturated heterocycles. The monoisotopic (exact) mass is 291 g/mol. The summed E-state index contributed by atoms with van der Waals surface area (Å²) in [5.41, 5.74) is -0.0248. The molecule has 0 spiro atoms. The van der Waals surface area contributed by atoms with E-state index < -0.39 is 0 Å². The van der Waals surface area contributed by atoms with Gasteiger partial charge < -0.3 is 10.1 Å². The van der Waals surface area contributed by atoms with Crippen LogP contribution in [0, 0.1) is 0 Å². The predicted molar refractivity (Wildman–Crippen MR) is 69.4 cm³/mol. The van der Waals surface area contributed by atoms with Crippen LogP contribution in [0.25, 0.3) is 0 Å². The molecule has 0 aliphatic carbocycles. The van der Waals surface area contributed by atoms with Gasteiger partial charge in [0.05, 0.1) is 5.60 Å². The van der Waals surface area contributed by atoms with Crippen LogP contribution in [-0.2, 0) is 11.3 Å². The van der Waals surface area contributed by atoms with Crippen molar-refractivity contribution in [1.82, 2.24) is 5.32 Å². The molecule has 4 heteroatoms. The summed E-state index contributed by atoms with van der Waals surface area (Å²) in [4.78, 5) is 1.36. The van der Waals surface area contributed by atoms with Crippen molar-refractivity contribution in [2.75, 3.05) is 13.7 Å². The largest absolute Gasteiger partial charge is 0.379 e. The average molecular weight is 292 g/mol. The molecule has 0 aromatic carbocycles. The Balaban J connectivity index is 2.17. The SMILES string of the molecule is COC(C)(C)CCNCc1cc(Br)cs1. The van der Waals surface area contributed by atoms with E-state index in [1.54, 1.807) is 18.4 Å². The first-order valence-corrected chi connectivity index (χ1v) is 6.69. The molecule has 1 heterocycles. The van der Waals surface area contributed by atoms with Crippen molar-refractivity contribution >= 4 is 27.3 Å². The second-order valence-corrected chi connectivity index (χ2v) is 6.03. The lowest BCUT2D eigenvalue weighted by Crippen LogP contribution is -2.28. The maximum atomic E-state index is 5.35. The van der Waals surface area contributed by atoms with Gasteiger partial charge in [0.2, 0.25) is 0 Å². The highest BCUT2D eigenvalue weighted by atomic mass is 79.9. The summed E-state index contributed by atoms with van der Waals surface area (Å²) in [6, 6.07) is 2.15. The maximum absolute atomic E-state index is 5.35. The number of ether oxygens (including phenoxy) is 1. The predicted octanol–water partition coefficient (Wildman–Crippen LogP) is 3.42. The first-order chi connectivity index (χ1) is 7.03. The Morgan fingerprint density at radius 1 is 1.53 bits per heavy atom. The van der Waals surface area contributed by atoms with Crippen molar-refractivity contribution in [3.63, 3.8) is 0 Å². The molecule has 15 heavy (non-hydrogen) atoms. The van der Waals surface area contributed by atoms with Gasteiger partial charge in [-0.25, -0.2) is 0 Å². The fourth-order valence-corrected chi connectivity index (χ4v) is 2.57. The van der Waals surface area contributed by atoms with Gasteiger partial charge >= 0.3 is 0 Å². The summed E-state index contributed by atoms with van der Waals surface area (Å²) in [7, 11) is 1.76. The van der Waals surface area contributed by atoms with E-state index in [0.29, 0.717) is 0 Å². The van der Waals surface area contributed by atoms with Gasteiger partial charge in [-0.2, -0.15) is 0 Å². The first-order valence-electron chi connectivity index (χ1n) is 5.02. The molecule has 86 valence electrons. The maximum Gasteiger partial charge on any atom is 0.0634 e. The van der Waals surface area contributed by atoms with Crippen molar-refractivity contribution < 1.29 is 4.74 Å². The molecule has 1 N–H and O–H groups in total. The molecule has 1 aromatic heterocycles. The van der Waals surface area contributed by atoms with Crippen LogP contribution in [0.3, 0.4) is 0 Å². The lowest BCUT2D eigenvalue weighted by atomic mass is 10.1. The molecule has 0 unspecified atom stereocenters. The zero-order chi connectivity index (χ0) is 11.3. The van der Waals surface area contributed by atoms with Crippen molar-refractivity contribution in [2.24, 2.45) is 0 Å². The van der Waals surface area contributed by atoms with Crippen LogP contribution in [0.15, 0.2) is 15.9 Å². The molecular formula is C11H18BrNOS. The molecule has 0 aliphatic rings. The third-order valence-corrected chi connectivity index (χ3v) is 4.08. The number of nitrogens with one attached hydrogen (secondary N) is 1. The van der Waals surface area contributed by atoms with Crippen molar-refractivity contribution in [3.8, 4) is 0 Å². The van der Waals surface area contributed by atoms with Gasteiger partial charge in [0.1, 0.15) is 0 Å². The number of thiophene rings is 1. The molecule has 0 amide bonds. The zero-order valence-corrected chi connectivity index (χ0v) is 11.9. The van der Waals surface area contributed by atoms with Crippen molar-refractivity contribution in [2.45, 2.75) is 32.4 Å². The highest BCUT2D eigenvalue weighted by molar-refractivity contribution is 9.10. The number of halogens is 1. The summed E-state index contributed by atoms with van der Waals surface area (Å²) in [6.45, 7) is 6.14. The third-order valence-electron chi connectivity index (χ3n) is 2.38. The fraction of sp³-hybridized carbons (Fsp3) is 0.636. The average Bonchev–Trinajstić information content (AvgIpc) is 2.59. The second-order valence-electron chi connectivity index (χ2n) is 4.12. The Hall–Kier alpha value is 0.1000. The van der Waals surface area contributed by atoms with Crippen molar-refractivity contribution in [3.05, 3.63) is 20.8 Å². The fourth-order valence-electron chi connectivity index (χ4n) is 1.15. The highest BCUT2D eigenvalue weighted by Crippen LogP contribution is 2.19. The van der Waals surface area contributed by atoms with E-state index in [2.05, 4.69) is 46.5 Å². The molecule has 0 saturated carbocycles. The third kappa shape index (κ3) is 5.11. The van der Waals surface area contributed by atoms with Gasteiger partial charge in [0, 0.05) is 28.4 Å². The molecule has 1 rings (SSSR count).